The molecule has 1 aromatic heterocycles. The molecule has 0 radical (unpaired) electrons. The summed E-state index contributed by atoms with van der Waals surface area (Å²) in [6.07, 6.45) is 2.88. The average Bonchev–Trinajstić information content (AvgIpc) is 2.58. The van der Waals surface area contributed by atoms with E-state index in [4.69, 9.17) is 4.74 Å². The Labute approximate surface area is 107 Å². The molecule has 1 aromatic rings. The Bertz CT molecular complexity index is 507. The molecule has 2 N–H and O–H groups in total. The molecule has 18 heavy (non-hydrogen) atoms. The van der Waals surface area contributed by atoms with Crippen LogP contribution >= 0.6 is 0 Å². The predicted molar refractivity (Wildman–Crippen MR) is 66.8 cm³/mol. The minimum atomic E-state index is -3.52. The van der Waals surface area contributed by atoms with Gasteiger partial charge in [-0.2, -0.15) is 5.10 Å². The Hall–Kier alpha value is -0.920. The first-order valence-corrected chi connectivity index (χ1v) is 7.45. The van der Waals surface area contributed by atoms with Crippen molar-refractivity contribution in [2.45, 2.75) is 43.6 Å². The van der Waals surface area contributed by atoms with Crippen LogP contribution in [0, 0.1) is 13.8 Å². The lowest BCUT2D eigenvalue weighted by Crippen LogP contribution is -2.49. The van der Waals surface area contributed by atoms with Crippen molar-refractivity contribution in [2.75, 3.05) is 13.7 Å². The van der Waals surface area contributed by atoms with E-state index in [-0.39, 0.29) is 10.5 Å². The van der Waals surface area contributed by atoms with Gasteiger partial charge >= 0.3 is 0 Å². The Kier molecular flexibility index (Phi) is 3.48. The van der Waals surface area contributed by atoms with Crippen molar-refractivity contribution >= 4 is 10.0 Å². The van der Waals surface area contributed by atoms with E-state index < -0.39 is 10.0 Å². The van der Waals surface area contributed by atoms with E-state index in [9.17, 15) is 8.42 Å². The van der Waals surface area contributed by atoms with Gasteiger partial charge in [0.15, 0.2) is 0 Å². The van der Waals surface area contributed by atoms with Crippen molar-refractivity contribution in [1.82, 2.24) is 14.9 Å². The van der Waals surface area contributed by atoms with Crippen molar-refractivity contribution in [1.29, 1.82) is 0 Å². The van der Waals surface area contributed by atoms with Crippen molar-refractivity contribution in [3.63, 3.8) is 0 Å². The first kappa shape index (κ1) is 13.5. The highest BCUT2D eigenvalue weighted by atomic mass is 32.2. The summed E-state index contributed by atoms with van der Waals surface area (Å²) >= 11 is 0. The quantitative estimate of drug-likeness (QED) is 0.834. The maximum Gasteiger partial charge on any atom is 0.244 e. The van der Waals surface area contributed by atoms with Crippen molar-refractivity contribution < 1.29 is 13.2 Å². The summed E-state index contributed by atoms with van der Waals surface area (Å²) in [7, 11) is -1.89. The molecule has 1 aliphatic rings. The van der Waals surface area contributed by atoms with Gasteiger partial charge in [0, 0.05) is 13.7 Å². The molecule has 2 rings (SSSR count). The molecular formula is C11H19N3O3S. The molecule has 7 heteroatoms. The number of hydrogen-bond acceptors (Lipinski definition) is 4. The number of nitrogens with zero attached hydrogens (tertiary/aromatic N) is 1. The standard InChI is InChI=1S/C11H19N3O3S/c1-8-10(9(2)14-13-8)18(15,16)12-7-11(17-3)5-4-6-11/h12H,4-7H2,1-3H3,(H,13,14). The molecule has 6 nitrogen and oxygen atoms in total. The maximum absolute atomic E-state index is 12.2. The number of hydrogen-bond donors (Lipinski definition) is 2. The van der Waals surface area contributed by atoms with E-state index in [0.29, 0.717) is 17.9 Å². The number of rotatable bonds is 5. The number of H-pyrrole nitrogens is 1. The van der Waals surface area contributed by atoms with Crippen molar-refractivity contribution in [3.05, 3.63) is 11.4 Å². The minimum absolute atomic E-state index is 0.244. The van der Waals surface area contributed by atoms with Gasteiger partial charge in [-0.05, 0) is 33.1 Å². The molecule has 1 fully saturated rings. The van der Waals surface area contributed by atoms with Crippen LogP contribution in [0.1, 0.15) is 30.7 Å². The fourth-order valence-corrected chi connectivity index (χ4v) is 3.74. The van der Waals surface area contributed by atoms with Crippen molar-refractivity contribution in [3.8, 4) is 0 Å². The van der Waals surface area contributed by atoms with E-state index >= 15 is 0 Å². The van der Waals surface area contributed by atoms with Crippen LogP contribution in [0.2, 0.25) is 0 Å². The Balaban J connectivity index is 2.13. The average molecular weight is 273 g/mol. The molecule has 0 saturated heterocycles. The van der Waals surface area contributed by atoms with Gasteiger partial charge in [0.25, 0.3) is 0 Å². The smallest absolute Gasteiger partial charge is 0.244 e. The minimum Gasteiger partial charge on any atom is -0.377 e. The zero-order valence-corrected chi connectivity index (χ0v) is 11.7. The topological polar surface area (TPSA) is 84.1 Å². The van der Waals surface area contributed by atoms with Crippen LogP contribution in [0.25, 0.3) is 0 Å². The molecule has 0 spiro atoms. The van der Waals surface area contributed by atoms with Gasteiger partial charge in [-0.1, -0.05) is 0 Å². The van der Waals surface area contributed by atoms with E-state index in [2.05, 4.69) is 14.9 Å². The predicted octanol–water partition coefficient (Wildman–Crippen LogP) is 0.874. The third-order valence-electron chi connectivity index (χ3n) is 3.61. The van der Waals surface area contributed by atoms with Crippen LogP contribution in [-0.4, -0.2) is 37.9 Å². The summed E-state index contributed by atoms with van der Waals surface area (Å²) in [5.74, 6) is 0. The van der Waals surface area contributed by atoms with Crippen LogP contribution in [0.15, 0.2) is 4.90 Å². The molecule has 0 atom stereocenters. The molecule has 0 unspecified atom stereocenters. The van der Waals surface area contributed by atoms with Gasteiger partial charge < -0.3 is 4.74 Å². The Morgan fingerprint density at radius 3 is 2.50 bits per heavy atom. The molecule has 0 aliphatic heterocycles. The lowest BCUT2D eigenvalue weighted by Gasteiger charge is -2.40. The number of aryl methyl sites for hydroxylation is 2. The van der Waals surface area contributed by atoms with E-state index in [1.165, 1.54) is 0 Å². The molecule has 102 valence electrons. The monoisotopic (exact) mass is 273 g/mol. The van der Waals surface area contributed by atoms with Crippen LogP contribution in [0.4, 0.5) is 0 Å². The molecule has 0 amide bonds. The fraction of sp³-hybridized carbons (Fsp3) is 0.727. The molecule has 1 saturated carbocycles. The van der Waals surface area contributed by atoms with E-state index in [0.717, 1.165) is 19.3 Å². The zero-order valence-electron chi connectivity index (χ0n) is 10.9. The van der Waals surface area contributed by atoms with Crippen LogP contribution < -0.4 is 4.72 Å². The lowest BCUT2D eigenvalue weighted by molar-refractivity contribution is -0.0659. The summed E-state index contributed by atoms with van der Waals surface area (Å²) in [5.41, 5.74) is 0.721. The highest BCUT2D eigenvalue weighted by molar-refractivity contribution is 7.89. The highest BCUT2D eigenvalue weighted by Gasteiger charge is 2.38. The van der Waals surface area contributed by atoms with E-state index in [1.54, 1.807) is 21.0 Å². The third kappa shape index (κ3) is 2.30. The van der Waals surface area contributed by atoms with Gasteiger partial charge in [-0.15, -0.1) is 0 Å². The van der Waals surface area contributed by atoms with Gasteiger partial charge in [0.2, 0.25) is 10.0 Å². The normalized spacial score (nSPS) is 18.6. The number of nitrogens with one attached hydrogen (secondary N) is 2. The Morgan fingerprint density at radius 1 is 1.44 bits per heavy atom. The second-order valence-electron chi connectivity index (χ2n) is 4.83. The first-order valence-electron chi connectivity index (χ1n) is 5.97. The van der Waals surface area contributed by atoms with Crippen LogP contribution in [-0.2, 0) is 14.8 Å². The van der Waals surface area contributed by atoms with Crippen LogP contribution in [0.3, 0.4) is 0 Å². The number of aromatic nitrogens is 2. The molecule has 1 aliphatic carbocycles. The molecule has 1 heterocycles. The summed E-state index contributed by atoms with van der Waals surface area (Å²) in [4.78, 5) is 0.244. The van der Waals surface area contributed by atoms with Crippen LogP contribution in [0.5, 0.6) is 0 Å². The Morgan fingerprint density at radius 2 is 2.11 bits per heavy atom. The van der Waals surface area contributed by atoms with Gasteiger partial charge in [-0.25, -0.2) is 13.1 Å². The largest absolute Gasteiger partial charge is 0.377 e. The number of ether oxygens (including phenoxy) is 1. The summed E-state index contributed by atoms with van der Waals surface area (Å²) < 4.78 is 32.4. The second kappa shape index (κ2) is 4.64. The summed E-state index contributed by atoms with van der Waals surface area (Å²) in [5, 5.41) is 6.59. The highest BCUT2D eigenvalue weighted by Crippen LogP contribution is 2.34. The zero-order chi connectivity index (χ0) is 13.4. The van der Waals surface area contributed by atoms with Gasteiger partial charge in [0.1, 0.15) is 4.90 Å². The SMILES string of the molecule is COC1(CNS(=O)(=O)c2c(C)n[nH]c2C)CCC1. The van der Waals surface area contributed by atoms with Gasteiger partial charge in [-0.3, -0.25) is 5.10 Å². The maximum atomic E-state index is 12.2. The second-order valence-corrected chi connectivity index (χ2v) is 6.53. The lowest BCUT2D eigenvalue weighted by atomic mass is 9.80. The first-order chi connectivity index (χ1) is 8.40. The number of sulfonamides is 1. The fourth-order valence-electron chi connectivity index (χ4n) is 2.26. The van der Waals surface area contributed by atoms with Gasteiger partial charge in [0.05, 0.1) is 17.0 Å². The van der Waals surface area contributed by atoms with Crippen molar-refractivity contribution in [2.24, 2.45) is 0 Å². The molecule has 0 bridgehead atoms. The van der Waals surface area contributed by atoms with E-state index in [1.807, 2.05) is 0 Å². The number of methoxy groups -OCH3 is 1. The molecule has 0 aromatic carbocycles. The third-order valence-corrected chi connectivity index (χ3v) is 5.27. The summed E-state index contributed by atoms with van der Waals surface area (Å²) in [6.45, 7) is 3.69. The number of aromatic amines is 1. The summed E-state index contributed by atoms with van der Waals surface area (Å²) in [6, 6.07) is 0. The molecular weight excluding hydrogens is 254 g/mol.